The molecule has 37 heavy (non-hydrogen) atoms. The molecule has 0 aromatic heterocycles. The number of fused-ring (bicyclic) bond motifs is 3. The van der Waals surface area contributed by atoms with Crippen LogP contribution >= 0.6 is 7.37 Å². The van der Waals surface area contributed by atoms with Crippen molar-refractivity contribution in [2.75, 3.05) is 17.2 Å². The summed E-state index contributed by atoms with van der Waals surface area (Å²) in [5.74, 6) is 0.579. The largest absolute Gasteiger partial charge is 0.438 e. The molecule has 0 fully saturated rings. The molecule has 1 aliphatic rings. The van der Waals surface area contributed by atoms with E-state index in [4.69, 9.17) is 21.7 Å². The lowest BCUT2D eigenvalue weighted by molar-refractivity contribution is 0.469. The van der Waals surface area contributed by atoms with Gasteiger partial charge in [-0.15, -0.1) is 0 Å². The van der Waals surface area contributed by atoms with Gasteiger partial charge in [-0.1, -0.05) is 72.8 Å². The quantitative estimate of drug-likeness (QED) is 0.150. The summed E-state index contributed by atoms with van der Waals surface area (Å²) in [7, 11) is -3.81. The molecule has 1 unspecified atom stereocenters. The summed E-state index contributed by atoms with van der Waals surface area (Å²) in [6, 6.07) is 38.0. The summed E-state index contributed by atoms with van der Waals surface area (Å²) < 4.78 is 22.7. The van der Waals surface area contributed by atoms with Gasteiger partial charge in [0, 0.05) is 22.6 Å². The average molecular weight is 504 g/mol. The molecule has 0 bridgehead atoms. The van der Waals surface area contributed by atoms with Crippen molar-refractivity contribution >= 4 is 29.7 Å². The fourth-order valence-corrected chi connectivity index (χ4v) is 8.64. The van der Waals surface area contributed by atoms with E-state index in [-0.39, 0.29) is 0 Å². The lowest BCUT2D eigenvalue weighted by atomic mass is 9.83. The van der Waals surface area contributed by atoms with Crippen LogP contribution in [0.25, 0.3) is 11.1 Å². The molecule has 0 spiro atoms. The molecule has 0 saturated carbocycles. The van der Waals surface area contributed by atoms with Crippen molar-refractivity contribution in [3.05, 3.63) is 138 Å². The Morgan fingerprint density at radius 2 is 0.919 bits per heavy atom. The van der Waals surface area contributed by atoms with Gasteiger partial charge in [-0.25, -0.2) is 0 Å². The SMILES string of the molecule is Nc1ccc(C(c2ccc(N)cc2)(c2ccc(N)cc2)P2(=O)Oc3ccccc3-c3ccccc32)cc1. The number of hydrogen-bond donors (Lipinski definition) is 3. The Bertz CT molecular complexity index is 1540. The smallest absolute Gasteiger partial charge is 0.296 e. The molecule has 6 heteroatoms. The predicted molar refractivity (Wildman–Crippen MR) is 152 cm³/mol. The van der Waals surface area contributed by atoms with Gasteiger partial charge in [-0.3, -0.25) is 4.57 Å². The number of anilines is 3. The van der Waals surface area contributed by atoms with Crippen LogP contribution in [0.4, 0.5) is 17.1 Å². The summed E-state index contributed by atoms with van der Waals surface area (Å²) in [5, 5.41) is -0.578. The normalized spacial score (nSPS) is 16.3. The third-order valence-corrected chi connectivity index (χ3v) is 10.2. The van der Waals surface area contributed by atoms with Crippen molar-refractivity contribution < 1.29 is 9.09 Å². The Morgan fingerprint density at radius 1 is 0.514 bits per heavy atom. The standard InChI is InChI=1S/C31H26N3O2P/c32-24-15-9-21(10-16-24)31(22-11-17-25(33)18-12-22,23-13-19-26(34)20-14-23)37(35)30-8-4-2-6-28(30)27-5-1-3-7-29(27)36-37/h1-20H,32-34H2. The van der Waals surface area contributed by atoms with Gasteiger partial charge in [-0.2, -0.15) is 0 Å². The summed E-state index contributed by atoms with van der Waals surface area (Å²) in [5.41, 5.74) is 24.3. The van der Waals surface area contributed by atoms with E-state index in [1.807, 2.05) is 121 Å². The summed E-state index contributed by atoms with van der Waals surface area (Å²) in [4.78, 5) is 0. The Kier molecular flexibility index (Phi) is 5.32. The van der Waals surface area contributed by atoms with Crippen molar-refractivity contribution in [3.8, 4) is 16.9 Å². The van der Waals surface area contributed by atoms with E-state index in [0.717, 1.165) is 27.8 Å². The predicted octanol–water partition coefficient (Wildman–Crippen LogP) is 6.39. The molecule has 182 valence electrons. The van der Waals surface area contributed by atoms with E-state index >= 15 is 4.57 Å². The van der Waals surface area contributed by atoms with E-state index in [1.165, 1.54) is 0 Å². The van der Waals surface area contributed by atoms with E-state index in [1.54, 1.807) is 0 Å². The van der Waals surface area contributed by atoms with E-state index in [9.17, 15) is 0 Å². The molecule has 0 amide bonds. The third-order valence-electron chi connectivity index (χ3n) is 7.05. The van der Waals surface area contributed by atoms with Gasteiger partial charge in [0.1, 0.15) is 10.9 Å². The minimum Gasteiger partial charge on any atom is -0.438 e. The fraction of sp³-hybridized carbons (Fsp3) is 0.0323. The maximum Gasteiger partial charge on any atom is 0.296 e. The summed E-state index contributed by atoms with van der Waals surface area (Å²) >= 11 is 0. The Morgan fingerprint density at radius 3 is 1.41 bits per heavy atom. The highest BCUT2D eigenvalue weighted by Gasteiger charge is 2.57. The zero-order valence-corrected chi connectivity index (χ0v) is 20.9. The highest BCUT2D eigenvalue weighted by molar-refractivity contribution is 7.69. The van der Waals surface area contributed by atoms with Crippen molar-refractivity contribution in [1.82, 2.24) is 0 Å². The van der Waals surface area contributed by atoms with Crippen LogP contribution in [-0.2, 0) is 9.72 Å². The molecule has 1 aliphatic heterocycles. The molecular formula is C31H26N3O2P. The Hall–Kier alpha value is -4.47. The van der Waals surface area contributed by atoms with Crippen molar-refractivity contribution in [2.45, 2.75) is 5.16 Å². The first-order valence-corrected chi connectivity index (χ1v) is 13.6. The summed E-state index contributed by atoms with van der Waals surface area (Å²) in [6.45, 7) is 0. The number of hydrogen-bond acceptors (Lipinski definition) is 5. The zero-order chi connectivity index (χ0) is 25.6. The van der Waals surface area contributed by atoms with Crippen molar-refractivity contribution in [1.29, 1.82) is 0 Å². The van der Waals surface area contributed by atoms with Gasteiger partial charge in [0.05, 0.1) is 5.30 Å². The van der Waals surface area contributed by atoms with Crippen LogP contribution in [-0.4, -0.2) is 0 Å². The summed E-state index contributed by atoms with van der Waals surface area (Å²) in [6.07, 6.45) is 0. The maximum atomic E-state index is 16.0. The molecule has 6 N–H and O–H groups in total. The minimum atomic E-state index is -3.81. The van der Waals surface area contributed by atoms with Gasteiger partial charge in [-0.05, 0) is 70.8 Å². The molecule has 1 atom stereocenters. The second-order valence-electron chi connectivity index (χ2n) is 9.23. The number of para-hydroxylation sites is 1. The molecule has 1 heterocycles. The Labute approximate surface area is 216 Å². The van der Waals surface area contributed by atoms with Crippen molar-refractivity contribution in [2.24, 2.45) is 0 Å². The highest BCUT2D eigenvalue weighted by Crippen LogP contribution is 2.71. The van der Waals surface area contributed by atoms with Gasteiger partial charge in [0.2, 0.25) is 0 Å². The topological polar surface area (TPSA) is 104 Å². The lowest BCUT2D eigenvalue weighted by Crippen LogP contribution is -2.38. The molecule has 0 aliphatic carbocycles. The number of nitrogens with two attached hydrogens (primary N) is 3. The molecule has 0 radical (unpaired) electrons. The van der Waals surface area contributed by atoms with Crippen LogP contribution in [0.15, 0.2) is 121 Å². The number of rotatable bonds is 4. The van der Waals surface area contributed by atoms with E-state index in [2.05, 4.69) is 0 Å². The van der Waals surface area contributed by atoms with Gasteiger partial charge >= 0.3 is 0 Å². The number of nitrogen functional groups attached to an aromatic ring is 3. The van der Waals surface area contributed by atoms with Crippen molar-refractivity contribution in [3.63, 3.8) is 0 Å². The maximum absolute atomic E-state index is 16.0. The zero-order valence-electron chi connectivity index (χ0n) is 20.0. The molecule has 0 saturated heterocycles. The third kappa shape index (κ3) is 3.43. The lowest BCUT2D eigenvalue weighted by Gasteiger charge is -2.44. The molecule has 5 aromatic carbocycles. The van der Waals surface area contributed by atoms with Crippen LogP contribution in [0.1, 0.15) is 16.7 Å². The van der Waals surface area contributed by atoms with Crippen LogP contribution in [0.2, 0.25) is 0 Å². The van der Waals surface area contributed by atoms with Crippen LogP contribution < -0.4 is 27.0 Å². The molecule has 5 aromatic rings. The van der Waals surface area contributed by atoms with Gasteiger partial charge in [0.15, 0.2) is 0 Å². The first kappa shape index (κ1) is 23.0. The Balaban J connectivity index is 1.79. The van der Waals surface area contributed by atoms with Crippen LogP contribution in [0.3, 0.4) is 0 Å². The van der Waals surface area contributed by atoms with Gasteiger partial charge in [0.25, 0.3) is 7.37 Å². The second-order valence-corrected chi connectivity index (χ2v) is 11.7. The molecule has 5 nitrogen and oxygen atoms in total. The average Bonchev–Trinajstić information content (AvgIpc) is 2.92. The highest BCUT2D eigenvalue weighted by atomic mass is 31.2. The first-order valence-electron chi connectivity index (χ1n) is 12.0. The van der Waals surface area contributed by atoms with Gasteiger partial charge < -0.3 is 21.7 Å². The number of benzene rings is 5. The van der Waals surface area contributed by atoms with E-state index < -0.39 is 12.5 Å². The molecular weight excluding hydrogens is 477 g/mol. The fourth-order valence-electron chi connectivity index (χ4n) is 5.35. The van der Waals surface area contributed by atoms with Crippen LogP contribution in [0, 0.1) is 0 Å². The molecule has 6 rings (SSSR count). The monoisotopic (exact) mass is 503 g/mol. The second kappa shape index (κ2) is 8.58. The first-order chi connectivity index (χ1) is 17.9. The van der Waals surface area contributed by atoms with Crippen LogP contribution in [0.5, 0.6) is 5.75 Å². The van der Waals surface area contributed by atoms with E-state index in [0.29, 0.717) is 28.1 Å². The minimum absolute atomic E-state index is 0.579.